The summed E-state index contributed by atoms with van der Waals surface area (Å²) < 4.78 is 39.8. The predicted octanol–water partition coefficient (Wildman–Crippen LogP) is 9.56. The highest BCUT2D eigenvalue weighted by Crippen LogP contribution is 2.41. The number of ether oxygens (including phenoxy) is 8. The topological polar surface area (TPSA) is 582 Å². The fraction of sp³-hybridized carbons (Fsp3) is 0.515. The molecule has 0 aromatic heterocycles. The van der Waals surface area contributed by atoms with Gasteiger partial charge in [0.25, 0.3) is 20.3 Å². The van der Waals surface area contributed by atoms with Crippen molar-refractivity contribution in [2.45, 2.75) is 158 Å². The van der Waals surface area contributed by atoms with Crippen molar-refractivity contribution in [3.8, 4) is 69.0 Å². The van der Waals surface area contributed by atoms with E-state index in [9.17, 15) is 120 Å². The van der Waals surface area contributed by atoms with Gasteiger partial charge in [0, 0.05) is 6.42 Å². The van der Waals surface area contributed by atoms with Crippen LogP contribution in [0.4, 0.5) is 0 Å². The Morgan fingerprint density at radius 1 is 0.340 bits per heavy atom. The SMILES string of the molecule is CC(C)C(=O)Oc1cc(C(=O)OCCC(CO[N+](=O)[O-])O[N+](=O)[O-])cc(O)c1O.CC(C)C(=O)Oc1cc(C(=O)OCCCCC(CO[N+](=O)[O-])O[N+](=O)[O-])cc(O)c1O.CCCCCCCOC(=O)c1cc(O)c(O)c(OC(=O)C(C)C)c1.CCCCCOC(=O)c1cc(O)c(O)c(OC(=O)C(C)C)c1. The minimum atomic E-state index is -1.38. The summed E-state index contributed by atoms with van der Waals surface area (Å²) in [6, 6.07) is 8.30. The molecule has 0 saturated heterocycles. The van der Waals surface area contributed by atoms with E-state index in [1.807, 2.05) is 6.92 Å². The molecule has 0 fully saturated rings. The van der Waals surface area contributed by atoms with Crippen LogP contribution in [0.5, 0.6) is 69.0 Å². The van der Waals surface area contributed by atoms with E-state index in [-0.39, 0.29) is 79.3 Å². The summed E-state index contributed by atoms with van der Waals surface area (Å²) in [7, 11) is 0. The van der Waals surface area contributed by atoms with Crippen LogP contribution in [0, 0.1) is 64.1 Å². The van der Waals surface area contributed by atoms with E-state index in [0.717, 1.165) is 87.8 Å². The van der Waals surface area contributed by atoms with Gasteiger partial charge in [0.2, 0.25) is 23.0 Å². The molecule has 4 aromatic rings. The molecule has 40 nitrogen and oxygen atoms in total. The lowest BCUT2D eigenvalue weighted by Gasteiger charge is -2.14. The highest BCUT2D eigenvalue weighted by atomic mass is 17.0. The Labute approximate surface area is 604 Å². The highest BCUT2D eigenvalue weighted by Gasteiger charge is 2.26. The second-order valence-corrected chi connectivity index (χ2v) is 23.6. The minimum Gasteiger partial charge on any atom is -0.504 e. The molecule has 0 aliphatic carbocycles. The molecule has 0 radical (unpaired) electrons. The van der Waals surface area contributed by atoms with Crippen molar-refractivity contribution in [2.75, 3.05) is 39.6 Å². The molecule has 4 aromatic carbocycles. The van der Waals surface area contributed by atoms with Crippen LogP contribution in [0.15, 0.2) is 48.5 Å². The van der Waals surface area contributed by atoms with E-state index in [1.54, 1.807) is 41.5 Å². The molecule has 588 valence electrons. The summed E-state index contributed by atoms with van der Waals surface area (Å²) in [5.41, 5.74) is -0.445. The standard InChI is InChI=1S/C18H26O6.C17H22N2O12.C16H22O6.C15H18N2O12/c1-4-5-6-7-8-9-23-18(22)13-10-14(19)16(20)15(11-13)24-17(21)12(2)3;1-10(2)16(22)30-14-8-11(7-13(20)15(14)21)17(23)28-6-4-3-5-12(31-19(26)27)9-29-18(24)25;1-4-5-6-7-21-16(20)11-8-12(17)14(18)13(9-11)22-15(19)10(2)3;1-8(2)14(20)28-12-6-9(5-11(18)13(12)19)15(21)26-4-3-10(29-17(24)25)7-27-16(22)23/h10-12,19-20H,4-9H2,1-3H3;7-8,10,12,20-21H,3-6,9H2,1-2H3;8-10,17-18H,4-7H2,1-3H3;5-6,8,10,18-19H,3-4,7H2,1-2H3. The Hall–Kier alpha value is -12.2. The zero-order valence-electron chi connectivity index (χ0n) is 59.6. The monoisotopic (exact) mass is 1510 g/mol. The molecule has 106 heavy (non-hydrogen) atoms. The second kappa shape index (κ2) is 47.9. The molecular formula is C66H88N4O36. The third-order valence-electron chi connectivity index (χ3n) is 13.4. The molecule has 2 atom stereocenters. The number of nitrogens with zero attached hydrogens (tertiary/aromatic N) is 4. The molecule has 0 bridgehead atoms. The summed E-state index contributed by atoms with van der Waals surface area (Å²) in [6.45, 7) is 15.5. The van der Waals surface area contributed by atoms with E-state index in [1.165, 1.54) is 26.0 Å². The molecule has 4 rings (SSSR count). The van der Waals surface area contributed by atoms with Gasteiger partial charge in [-0.3, -0.25) is 19.2 Å². The number of unbranched alkanes of at least 4 members (excludes halogenated alkanes) is 7. The number of hydrogen-bond donors (Lipinski definition) is 8. The zero-order valence-corrected chi connectivity index (χ0v) is 59.6. The lowest BCUT2D eigenvalue weighted by atomic mass is 10.1. The Morgan fingerprint density at radius 3 is 0.849 bits per heavy atom. The van der Waals surface area contributed by atoms with Crippen LogP contribution in [0.25, 0.3) is 0 Å². The average molecular weight is 1510 g/mol. The fourth-order valence-electron chi connectivity index (χ4n) is 7.57. The van der Waals surface area contributed by atoms with Crippen molar-refractivity contribution in [3.05, 3.63) is 111 Å². The molecular weight excluding hydrogens is 1420 g/mol. The number of phenols is 8. The molecule has 0 saturated carbocycles. The zero-order chi connectivity index (χ0) is 80.5. The van der Waals surface area contributed by atoms with Crippen molar-refractivity contribution in [2.24, 2.45) is 23.7 Å². The molecule has 8 N–H and O–H groups in total. The Morgan fingerprint density at radius 2 is 0.585 bits per heavy atom. The third kappa shape index (κ3) is 35.6. The minimum absolute atomic E-state index is 0.0124. The first-order valence-corrected chi connectivity index (χ1v) is 32.7. The lowest BCUT2D eigenvalue weighted by Crippen LogP contribution is -2.26. The van der Waals surface area contributed by atoms with Gasteiger partial charge in [-0.1, -0.05) is 108 Å². The van der Waals surface area contributed by atoms with Crippen molar-refractivity contribution in [3.63, 3.8) is 0 Å². The number of benzene rings is 4. The lowest BCUT2D eigenvalue weighted by molar-refractivity contribution is -0.790. The fourth-order valence-corrected chi connectivity index (χ4v) is 7.57. The Balaban J connectivity index is 0.000000713. The average Bonchev–Trinajstić information content (AvgIpc) is 0.848. The van der Waals surface area contributed by atoms with Crippen LogP contribution in [0.1, 0.15) is 188 Å². The van der Waals surface area contributed by atoms with E-state index in [4.69, 9.17) is 37.9 Å². The van der Waals surface area contributed by atoms with Crippen LogP contribution in [-0.2, 0) is 57.5 Å². The van der Waals surface area contributed by atoms with Gasteiger partial charge in [-0.2, -0.15) is 0 Å². The van der Waals surface area contributed by atoms with E-state index in [2.05, 4.69) is 26.3 Å². The first-order valence-electron chi connectivity index (χ1n) is 32.7. The van der Waals surface area contributed by atoms with Gasteiger partial charge in [0.15, 0.2) is 46.0 Å². The van der Waals surface area contributed by atoms with Crippen LogP contribution in [0.3, 0.4) is 0 Å². The van der Waals surface area contributed by atoms with Crippen molar-refractivity contribution < 1.29 is 157 Å². The number of esters is 8. The number of aromatic hydroxyl groups is 8. The largest absolute Gasteiger partial charge is 0.504 e. The number of carbonyl (C=O) groups excluding carboxylic acids is 8. The van der Waals surface area contributed by atoms with Gasteiger partial charge in [-0.15, -0.1) is 40.5 Å². The van der Waals surface area contributed by atoms with Crippen molar-refractivity contribution >= 4 is 47.8 Å². The van der Waals surface area contributed by atoms with Crippen molar-refractivity contribution in [1.29, 1.82) is 0 Å². The number of hydrogen-bond acceptors (Lipinski definition) is 36. The first kappa shape index (κ1) is 91.9. The third-order valence-corrected chi connectivity index (χ3v) is 13.4. The first-order chi connectivity index (χ1) is 49.7. The van der Waals surface area contributed by atoms with Gasteiger partial charge in [-0.25, -0.2) is 19.2 Å². The molecule has 0 heterocycles. The smallest absolute Gasteiger partial charge is 0.338 e. The van der Waals surface area contributed by atoms with Gasteiger partial charge in [-0.05, 0) is 80.6 Å². The maximum Gasteiger partial charge on any atom is 0.338 e. The second-order valence-electron chi connectivity index (χ2n) is 23.6. The van der Waals surface area contributed by atoms with Crippen LogP contribution in [0.2, 0.25) is 0 Å². The predicted molar refractivity (Wildman–Crippen MR) is 358 cm³/mol. The maximum atomic E-state index is 12.1. The maximum absolute atomic E-state index is 12.1. The summed E-state index contributed by atoms with van der Waals surface area (Å²) in [4.78, 5) is 152. The van der Waals surface area contributed by atoms with Gasteiger partial charge < -0.3 is 98.1 Å². The van der Waals surface area contributed by atoms with E-state index >= 15 is 0 Å². The molecule has 0 aliphatic heterocycles. The van der Waals surface area contributed by atoms with Crippen LogP contribution < -0.4 is 18.9 Å². The molecule has 0 amide bonds. The van der Waals surface area contributed by atoms with Crippen LogP contribution in [-0.4, -0.2) is 161 Å². The van der Waals surface area contributed by atoms with E-state index < -0.39 is 181 Å². The summed E-state index contributed by atoms with van der Waals surface area (Å²) in [6.07, 6.45) is 5.53. The van der Waals surface area contributed by atoms with Crippen molar-refractivity contribution in [1.82, 2.24) is 0 Å². The van der Waals surface area contributed by atoms with Gasteiger partial charge in [0.05, 0.1) is 72.4 Å². The quantitative estimate of drug-likeness (QED) is 0.00390. The number of rotatable bonds is 40. The molecule has 0 aliphatic rings. The highest BCUT2D eigenvalue weighted by molar-refractivity contribution is 5.94. The Kier molecular flexibility index (Phi) is 41.5. The summed E-state index contributed by atoms with van der Waals surface area (Å²) in [5, 5.41) is 114. The number of carbonyl (C=O) groups is 8. The summed E-state index contributed by atoms with van der Waals surface area (Å²) >= 11 is 0. The van der Waals surface area contributed by atoms with E-state index in [0.29, 0.717) is 0 Å². The normalized spacial score (nSPS) is 11.1. The molecule has 0 spiro atoms. The molecule has 2 unspecified atom stereocenters. The molecule has 40 heteroatoms. The van der Waals surface area contributed by atoms with Crippen LogP contribution >= 0.6 is 0 Å². The Bertz CT molecular complexity index is 3610. The summed E-state index contributed by atoms with van der Waals surface area (Å²) in [5.74, 6) is -14.2. The van der Waals surface area contributed by atoms with Gasteiger partial charge >= 0.3 is 47.8 Å². The number of phenolic OH excluding ortho intramolecular Hbond substituents is 8. The van der Waals surface area contributed by atoms with Gasteiger partial charge in [0.1, 0.15) is 25.4 Å².